The Morgan fingerprint density at radius 1 is 1.36 bits per heavy atom. The monoisotopic (exact) mass is 205 g/mol. The van der Waals surface area contributed by atoms with Crippen LogP contribution in [0.4, 0.5) is 0 Å². The standard InChI is InChI=1S/C11H11NOS/c1-11(2,8-12)14-10(13)9-6-4-3-5-7-9/h3-7H,1-2H3. The molecule has 0 radical (unpaired) electrons. The van der Waals surface area contributed by atoms with Gasteiger partial charge in [-0.1, -0.05) is 42.1 Å². The van der Waals surface area contributed by atoms with E-state index in [9.17, 15) is 4.79 Å². The van der Waals surface area contributed by atoms with Crippen LogP contribution in [0.2, 0.25) is 0 Å². The van der Waals surface area contributed by atoms with Gasteiger partial charge in [0, 0.05) is 5.56 Å². The van der Waals surface area contributed by atoms with Gasteiger partial charge in [-0.2, -0.15) is 5.26 Å². The Morgan fingerprint density at radius 2 is 1.93 bits per heavy atom. The van der Waals surface area contributed by atoms with Gasteiger partial charge in [-0.25, -0.2) is 0 Å². The normalized spacial score (nSPS) is 10.6. The number of carbonyl (C=O) groups excluding carboxylic acids is 1. The highest BCUT2D eigenvalue weighted by molar-refractivity contribution is 8.15. The van der Waals surface area contributed by atoms with Crippen molar-refractivity contribution in [2.24, 2.45) is 0 Å². The van der Waals surface area contributed by atoms with Crippen molar-refractivity contribution in [3.05, 3.63) is 35.9 Å². The lowest BCUT2D eigenvalue weighted by molar-refractivity contribution is 0.108. The zero-order valence-electron chi connectivity index (χ0n) is 8.15. The van der Waals surface area contributed by atoms with Crippen molar-refractivity contribution >= 4 is 16.9 Å². The van der Waals surface area contributed by atoms with Crippen molar-refractivity contribution < 1.29 is 4.79 Å². The highest BCUT2D eigenvalue weighted by Gasteiger charge is 2.22. The fourth-order valence-electron chi connectivity index (χ4n) is 0.888. The number of hydrogen-bond acceptors (Lipinski definition) is 3. The molecule has 0 aliphatic rings. The number of thioether (sulfide) groups is 1. The maximum atomic E-state index is 11.6. The first kappa shape index (κ1) is 10.8. The first-order valence-electron chi connectivity index (χ1n) is 4.25. The van der Waals surface area contributed by atoms with Crippen LogP contribution in [0, 0.1) is 11.3 Å². The lowest BCUT2D eigenvalue weighted by atomic mass is 10.2. The van der Waals surface area contributed by atoms with Gasteiger partial charge in [-0.15, -0.1) is 0 Å². The molecule has 1 aromatic rings. The van der Waals surface area contributed by atoms with Gasteiger partial charge in [0.15, 0.2) is 0 Å². The van der Waals surface area contributed by atoms with Crippen molar-refractivity contribution in [2.75, 3.05) is 0 Å². The van der Waals surface area contributed by atoms with Crippen molar-refractivity contribution in [3.63, 3.8) is 0 Å². The summed E-state index contributed by atoms with van der Waals surface area (Å²) in [5, 5.41) is 8.71. The second-order valence-electron chi connectivity index (χ2n) is 3.38. The molecule has 0 fully saturated rings. The van der Waals surface area contributed by atoms with E-state index in [1.807, 2.05) is 18.2 Å². The Morgan fingerprint density at radius 3 is 2.43 bits per heavy atom. The van der Waals surface area contributed by atoms with E-state index in [0.29, 0.717) is 5.56 Å². The smallest absolute Gasteiger partial charge is 0.220 e. The number of benzene rings is 1. The summed E-state index contributed by atoms with van der Waals surface area (Å²) in [4.78, 5) is 11.6. The van der Waals surface area contributed by atoms with E-state index in [4.69, 9.17) is 5.26 Å². The molecule has 0 heterocycles. The van der Waals surface area contributed by atoms with Crippen LogP contribution in [-0.4, -0.2) is 9.86 Å². The number of hydrogen-bond donors (Lipinski definition) is 0. The number of rotatable bonds is 2. The van der Waals surface area contributed by atoms with Gasteiger partial charge in [0.25, 0.3) is 0 Å². The molecule has 0 atom stereocenters. The summed E-state index contributed by atoms with van der Waals surface area (Å²) in [5.74, 6) is 0. The molecule has 0 spiro atoms. The van der Waals surface area contributed by atoms with Crippen LogP contribution in [0.3, 0.4) is 0 Å². The van der Waals surface area contributed by atoms with Crippen LogP contribution in [0.25, 0.3) is 0 Å². The first-order valence-corrected chi connectivity index (χ1v) is 5.06. The lowest BCUT2D eigenvalue weighted by Gasteiger charge is -2.12. The van der Waals surface area contributed by atoms with Gasteiger partial charge in [-0.05, 0) is 13.8 Å². The minimum atomic E-state index is -0.660. The van der Waals surface area contributed by atoms with Crippen LogP contribution in [0.5, 0.6) is 0 Å². The van der Waals surface area contributed by atoms with Crippen molar-refractivity contribution in [2.45, 2.75) is 18.6 Å². The summed E-state index contributed by atoms with van der Waals surface area (Å²) >= 11 is 1.05. The Bertz CT molecular complexity index is 365. The maximum Gasteiger partial charge on any atom is 0.220 e. The quantitative estimate of drug-likeness (QED) is 0.745. The number of nitriles is 1. The maximum absolute atomic E-state index is 11.6. The molecule has 0 amide bonds. The number of carbonyl (C=O) groups is 1. The predicted octanol–water partition coefficient (Wildman–Crippen LogP) is 2.86. The predicted molar refractivity (Wildman–Crippen MR) is 58.1 cm³/mol. The third kappa shape index (κ3) is 2.90. The van der Waals surface area contributed by atoms with Crippen LogP contribution in [0.15, 0.2) is 30.3 Å². The zero-order chi connectivity index (χ0) is 10.6. The Hall–Kier alpha value is -1.27. The van der Waals surface area contributed by atoms with E-state index in [1.54, 1.807) is 26.0 Å². The summed E-state index contributed by atoms with van der Waals surface area (Å²) < 4.78 is -0.660. The molecule has 1 rings (SSSR count). The van der Waals surface area contributed by atoms with E-state index in [2.05, 4.69) is 6.07 Å². The van der Waals surface area contributed by atoms with Gasteiger partial charge in [0.1, 0.15) is 4.75 Å². The molecule has 14 heavy (non-hydrogen) atoms. The molecule has 0 N–H and O–H groups in total. The highest BCUT2D eigenvalue weighted by atomic mass is 32.2. The molecule has 0 saturated heterocycles. The van der Waals surface area contributed by atoms with E-state index in [-0.39, 0.29) is 5.12 Å². The van der Waals surface area contributed by atoms with Crippen molar-refractivity contribution in [1.82, 2.24) is 0 Å². The van der Waals surface area contributed by atoms with Crippen LogP contribution in [0.1, 0.15) is 24.2 Å². The highest BCUT2D eigenvalue weighted by Crippen LogP contribution is 2.26. The molecule has 2 nitrogen and oxygen atoms in total. The number of nitrogens with zero attached hydrogens (tertiary/aromatic N) is 1. The van der Waals surface area contributed by atoms with Crippen LogP contribution in [-0.2, 0) is 0 Å². The van der Waals surface area contributed by atoms with Crippen LogP contribution >= 0.6 is 11.8 Å². The molecule has 0 aromatic heterocycles. The van der Waals surface area contributed by atoms with Crippen molar-refractivity contribution in [3.8, 4) is 6.07 Å². The molecule has 0 saturated carbocycles. The Labute approximate surface area is 87.9 Å². The molecule has 0 aliphatic carbocycles. The van der Waals surface area contributed by atoms with Gasteiger partial charge >= 0.3 is 0 Å². The SMILES string of the molecule is CC(C)(C#N)SC(=O)c1ccccc1. The summed E-state index contributed by atoms with van der Waals surface area (Å²) in [7, 11) is 0. The average Bonchev–Trinajstić information content (AvgIpc) is 2.19. The molecule has 72 valence electrons. The Balaban J connectivity index is 2.75. The summed E-state index contributed by atoms with van der Waals surface area (Å²) in [5.41, 5.74) is 0.640. The molecular formula is C11H11NOS. The third-order valence-electron chi connectivity index (χ3n) is 1.63. The molecular weight excluding hydrogens is 194 g/mol. The van der Waals surface area contributed by atoms with E-state index >= 15 is 0 Å². The Kier molecular flexibility index (Phi) is 3.32. The minimum absolute atomic E-state index is 0.0582. The summed E-state index contributed by atoms with van der Waals surface area (Å²) in [6.07, 6.45) is 0. The van der Waals surface area contributed by atoms with Crippen molar-refractivity contribution in [1.29, 1.82) is 5.26 Å². The topological polar surface area (TPSA) is 40.9 Å². The van der Waals surface area contributed by atoms with Gasteiger partial charge in [0.05, 0.1) is 6.07 Å². The lowest BCUT2D eigenvalue weighted by Crippen LogP contribution is -2.14. The zero-order valence-corrected chi connectivity index (χ0v) is 8.97. The second kappa shape index (κ2) is 4.30. The summed E-state index contributed by atoms with van der Waals surface area (Å²) in [6, 6.07) is 11.1. The fraction of sp³-hybridized carbons (Fsp3) is 0.273. The molecule has 0 aliphatic heterocycles. The second-order valence-corrected chi connectivity index (χ2v) is 4.97. The first-order chi connectivity index (χ1) is 6.55. The molecule has 0 unspecified atom stereocenters. The fourth-order valence-corrected chi connectivity index (χ4v) is 1.65. The average molecular weight is 205 g/mol. The third-order valence-corrected chi connectivity index (χ3v) is 2.65. The molecule has 0 bridgehead atoms. The van der Waals surface area contributed by atoms with Gasteiger partial charge in [-0.3, -0.25) is 4.79 Å². The van der Waals surface area contributed by atoms with Gasteiger partial charge in [0.2, 0.25) is 5.12 Å². The summed E-state index contributed by atoms with van der Waals surface area (Å²) in [6.45, 7) is 3.47. The molecule has 3 heteroatoms. The molecule has 1 aromatic carbocycles. The van der Waals surface area contributed by atoms with E-state index in [0.717, 1.165) is 11.8 Å². The van der Waals surface area contributed by atoms with E-state index in [1.165, 1.54) is 0 Å². The van der Waals surface area contributed by atoms with Gasteiger partial charge < -0.3 is 0 Å². The van der Waals surface area contributed by atoms with E-state index < -0.39 is 4.75 Å². The van der Waals surface area contributed by atoms with Crippen LogP contribution < -0.4 is 0 Å². The largest absolute Gasteiger partial charge is 0.282 e. The minimum Gasteiger partial charge on any atom is -0.282 e.